The van der Waals surface area contributed by atoms with E-state index in [1.165, 1.54) is 13.1 Å². The van der Waals surface area contributed by atoms with Gasteiger partial charge in [0.25, 0.3) is 0 Å². The highest BCUT2D eigenvalue weighted by Crippen LogP contribution is 2.20. The molecular formula is C15H16N2O3S. The highest BCUT2D eigenvalue weighted by atomic mass is 32.2. The number of hydrogen-bond donors (Lipinski definition) is 1. The molecule has 2 aromatic rings. The van der Waals surface area contributed by atoms with Gasteiger partial charge in [-0.25, -0.2) is 8.42 Å². The Bertz CT molecular complexity index is 743. The molecule has 0 atom stereocenters. The van der Waals surface area contributed by atoms with Crippen LogP contribution >= 0.6 is 0 Å². The Morgan fingerprint density at radius 1 is 1.10 bits per heavy atom. The Labute approximate surface area is 124 Å². The summed E-state index contributed by atoms with van der Waals surface area (Å²) in [7, 11) is -2.07. The average Bonchev–Trinajstić information content (AvgIpc) is 2.47. The third-order valence-corrected chi connectivity index (χ3v) is 4.85. The van der Waals surface area contributed by atoms with Crippen molar-refractivity contribution in [3.63, 3.8) is 0 Å². The van der Waals surface area contributed by atoms with E-state index in [2.05, 4.69) is 0 Å². The molecule has 0 aliphatic carbocycles. The number of nitrogens with zero attached hydrogens (tertiary/aromatic N) is 1. The van der Waals surface area contributed by atoms with Crippen molar-refractivity contribution in [1.82, 2.24) is 0 Å². The Morgan fingerprint density at radius 2 is 1.76 bits per heavy atom. The molecule has 0 heterocycles. The molecule has 1 amide bonds. The number of carbonyl (C=O) groups excluding carboxylic acids is 1. The molecule has 110 valence electrons. The first-order valence-electron chi connectivity index (χ1n) is 6.30. The molecule has 2 aromatic carbocycles. The number of sulfonamides is 1. The zero-order valence-electron chi connectivity index (χ0n) is 11.6. The van der Waals surface area contributed by atoms with E-state index >= 15 is 0 Å². The first-order chi connectivity index (χ1) is 9.90. The smallest absolute Gasteiger partial charge is 0.248 e. The van der Waals surface area contributed by atoms with Crippen molar-refractivity contribution in [3.8, 4) is 0 Å². The van der Waals surface area contributed by atoms with Gasteiger partial charge in [0.15, 0.2) is 0 Å². The number of anilines is 1. The van der Waals surface area contributed by atoms with Gasteiger partial charge in [-0.05, 0) is 23.8 Å². The van der Waals surface area contributed by atoms with Crippen molar-refractivity contribution in [2.75, 3.05) is 11.4 Å². The fraction of sp³-hybridized carbons (Fsp3) is 0.133. The van der Waals surface area contributed by atoms with E-state index in [9.17, 15) is 13.2 Å². The summed E-state index contributed by atoms with van der Waals surface area (Å²) in [4.78, 5) is 11.2. The fourth-order valence-electron chi connectivity index (χ4n) is 1.90. The molecule has 0 spiro atoms. The van der Waals surface area contributed by atoms with E-state index in [-0.39, 0.29) is 11.3 Å². The zero-order chi connectivity index (χ0) is 15.5. The van der Waals surface area contributed by atoms with E-state index in [0.29, 0.717) is 11.3 Å². The fourth-order valence-corrected chi connectivity index (χ4v) is 3.14. The van der Waals surface area contributed by atoms with Crippen molar-refractivity contribution in [1.29, 1.82) is 0 Å². The summed E-state index contributed by atoms with van der Waals surface area (Å²) in [6.45, 7) is 0. The number of carbonyl (C=O) groups is 1. The molecule has 2 N–H and O–H groups in total. The normalized spacial score (nSPS) is 11.1. The Balaban J connectivity index is 2.28. The lowest BCUT2D eigenvalue weighted by atomic mass is 10.2. The molecule has 0 saturated carbocycles. The maximum Gasteiger partial charge on any atom is 0.248 e. The van der Waals surface area contributed by atoms with Crippen molar-refractivity contribution in [3.05, 3.63) is 65.7 Å². The van der Waals surface area contributed by atoms with Gasteiger partial charge in [-0.15, -0.1) is 0 Å². The van der Waals surface area contributed by atoms with Crippen LogP contribution in [0.4, 0.5) is 5.69 Å². The van der Waals surface area contributed by atoms with Crippen LogP contribution < -0.4 is 10.0 Å². The van der Waals surface area contributed by atoms with E-state index in [4.69, 9.17) is 5.73 Å². The van der Waals surface area contributed by atoms with Gasteiger partial charge >= 0.3 is 0 Å². The Morgan fingerprint density at radius 3 is 2.38 bits per heavy atom. The molecule has 0 fully saturated rings. The van der Waals surface area contributed by atoms with E-state index in [0.717, 1.165) is 4.31 Å². The molecular weight excluding hydrogens is 288 g/mol. The summed E-state index contributed by atoms with van der Waals surface area (Å²) < 4.78 is 25.9. The minimum absolute atomic E-state index is 0.106. The van der Waals surface area contributed by atoms with Gasteiger partial charge < -0.3 is 5.73 Å². The van der Waals surface area contributed by atoms with Gasteiger partial charge in [-0.2, -0.15) is 0 Å². The van der Waals surface area contributed by atoms with E-state index in [1.807, 2.05) is 6.07 Å². The highest BCUT2D eigenvalue weighted by molar-refractivity contribution is 7.92. The first kappa shape index (κ1) is 15.1. The molecule has 0 bridgehead atoms. The van der Waals surface area contributed by atoms with Gasteiger partial charge in [0.2, 0.25) is 15.9 Å². The van der Waals surface area contributed by atoms with Crippen molar-refractivity contribution < 1.29 is 13.2 Å². The second kappa shape index (κ2) is 5.97. The molecule has 6 heteroatoms. The molecule has 0 radical (unpaired) electrons. The van der Waals surface area contributed by atoms with Gasteiger partial charge in [0.1, 0.15) is 0 Å². The predicted molar refractivity (Wildman–Crippen MR) is 82.4 cm³/mol. The van der Waals surface area contributed by atoms with E-state index in [1.54, 1.807) is 42.5 Å². The van der Waals surface area contributed by atoms with E-state index < -0.39 is 15.9 Å². The van der Waals surface area contributed by atoms with Crippen LogP contribution in [-0.2, 0) is 15.8 Å². The van der Waals surface area contributed by atoms with Crippen molar-refractivity contribution in [2.45, 2.75) is 5.75 Å². The van der Waals surface area contributed by atoms with Crippen LogP contribution in [0.2, 0.25) is 0 Å². The quantitative estimate of drug-likeness (QED) is 0.914. The summed E-state index contributed by atoms with van der Waals surface area (Å²) in [5.74, 6) is -0.698. The topological polar surface area (TPSA) is 80.5 Å². The summed E-state index contributed by atoms with van der Waals surface area (Å²) in [6, 6.07) is 15.1. The monoisotopic (exact) mass is 304 g/mol. The van der Waals surface area contributed by atoms with Crippen LogP contribution in [0.3, 0.4) is 0 Å². The number of nitrogens with two attached hydrogens (primary N) is 1. The number of primary amides is 1. The second-order valence-corrected chi connectivity index (χ2v) is 6.62. The van der Waals surface area contributed by atoms with Crippen LogP contribution in [0.1, 0.15) is 15.9 Å². The van der Waals surface area contributed by atoms with Crippen molar-refractivity contribution >= 4 is 21.6 Å². The van der Waals surface area contributed by atoms with Crippen LogP contribution in [0.5, 0.6) is 0 Å². The van der Waals surface area contributed by atoms with Crippen LogP contribution in [0.25, 0.3) is 0 Å². The zero-order valence-corrected chi connectivity index (χ0v) is 12.4. The van der Waals surface area contributed by atoms with Gasteiger partial charge in [-0.1, -0.05) is 36.4 Å². The van der Waals surface area contributed by atoms with Gasteiger partial charge in [-0.3, -0.25) is 9.10 Å². The molecule has 2 rings (SSSR count). The molecule has 0 aliphatic rings. The molecule has 5 nitrogen and oxygen atoms in total. The summed E-state index contributed by atoms with van der Waals surface area (Å²) in [6.07, 6.45) is 0. The third kappa shape index (κ3) is 3.61. The SMILES string of the molecule is CN(c1cccc(C(N)=O)c1)S(=O)(=O)Cc1ccccc1. The largest absolute Gasteiger partial charge is 0.366 e. The third-order valence-electron chi connectivity index (χ3n) is 3.10. The molecule has 0 unspecified atom stereocenters. The van der Waals surface area contributed by atoms with Crippen LogP contribution in [0.15, 0.2) is 54.6 Å². The van der Waals surface area contributed by atoms with Gasteiger partial charge in [0.05, 0.1) is 11.4 Å². The lowest BCUT2D eigenvalue weighted by Gasteiger charge is -2.20. The molecule has 21 heavy (non-hydrogen) atoms. The lowest BCUT2D eigenvalue weighted by molar-refractivity contribution is 0.100. The minimum atomic E-state index is -3.53. The first-order valence-corrected chi connectivity index (χ1v) is 7.91. The second-order valence-electron chi connectivity index (χ2n) is 4.62. The molecule has 0 saturated heterocycles. The molecule has 0 aromatic heterocycles. The number of amides is 1. The number of benzene rings is 2. The summed E-state index contributed by atoms with van der Waals surface area (Å²) in [5.41, 5.74) is 6.59. The summed E-state index contributed by atoms with van der Waals surface area (Å²) in [5, 5.41) is 0. The average molecular weight is 304 g/mol. The number of hydrogen-bond acceptors (Lipinski definition) is 3. The minimum Gasteiger partial charge on any atom is -0.366 e. The van der Waals surface area contributed by atoms with Crippen molar-refractivity contribution in [2.24, 2.45) is 5.73 Å². The Kier molecular flexibility index (Phi) is 4.28. The standard InChI is InChI=1S/C15H16N2O3S/c1-17(14-9-5-8-13(10-14)15(16)18)21(19,20)11-12-6-3-2-4-7-12/h2-10H,11H2,1H3,(H2,16,18). The van der Waals surface area contributed by atoms with Crippen LogP contribution in [-0.4, -0.2) is 21.4 Å². The maximum atomic E-state index is 12.4. The Hall–Kier alpha value is -2.34. The maximum absolute atomic E-state index is 12.4. The highest BCUT2D eigenvalue weighted by Gasteiger charge is 2.19. The lowest BCUT2D eigenvalue weighted by Crippen LogP contribution is -2.28. The van der Waals surface area contributed by atoms with Gasteiger partial charge in [0, 0.05) is 12.6 Å². The van der Waals surface area contributed by atoms with Crippen LogP contribution in [0, 0.1) is 0 Å². The number of rotatable bonds is 5. The summed E-state index contributed by atoms with van der Waals surface area (Å²) >= 11 is 0. The predicted octanol–water partition coefficient (Wildman–Crippen LogP) is 1.75. The molecule has 0 aliphatic heterocycles.